The Balaban J connectivity index is 1.58. The molecular formula is C19H26N4O. The van der Waals surface area contributed by atoms with Crippen LogP contribution < -0.4 is 0 Å². The average molecular weight is 326 g/mol. The first-order valence-corrected chi connectivity index (χ1v) is 9.12. The summed E-state index contributed by atoms with van der Waals surface area (Å²) >= 11 is 0. The molecule has 2 aromatic heterocycles. The van der Waals surface area contributed by atoms with Gasteiger partial charge < -0.3 is 9.47 Å². The Kier molecular flexibility index (Phi) is 3.94. The van der Waals surface area contributed by atoms with Gasteiger partial charge in [-0.2, -0.15) is 5.10 Å². The van der Waals surface area contributed by atoms with Crippen LogP contribution in [-0.4, -0.2) is 37.7 Å². The number of amides is 1. The van der Waals surface area contributed by atoms with Gasteiger partial charge in [0, 0.05) is 36.4 Å². The summed E-state index contributed by atoms with van der Waals surface area (Å²) in [6, 6.07) is 4.90. The summed E-state index contributed by atoms with van der Waals surface area (Å²) < 4.78 is 4.31. The molecule has 0 spiro atoms. The lowest BCUT2D eigenvalue weighted by atomic mass is 10.0. The number of aryl methyl sites for hydroxylation is 1. The maximum atomic E-state index is 13.3. The molecule has 0 N–H and O–H groups in total. The molecule has 2 fully saturated rings. The maximum Gasteiger partial charge on any atom is 0.255 e. The van der Waals surface area contributed by atoms with E-state index in [9.17, 15) is 4.79 Å². The van der Waals surface area contributed by atoms with Crippen LogP contribution in [-0.2, 0) is 6.54 Å². The van der Waals surface area contributed by atoms with Gasteiger partial charge in [0.1, 0.15) is 0 Å². The summed E-state index contributed by atoms with van der Waals surface area (Å²) in [5, 5.41) is 4.32. The Labute approximate surface area is 143 Å². The van der Waals surface area contributed by atoms with E-state index in [1.54, 1.807) is 6.20 Å². The third-order valence-electron chi connectivity index (χ3n) is 5.47. The zero-order chi connectivity index (χ0) is 16.7. The van der Waals surface area contributed by atoms with Crippen LogP contribution in [0.2, 0.25) is 0 Å². The van der Waals surface area contributed by atoms with Crippen molar-refractivity contribution < 1.29 is 4.79 Å². The van der Waals surface area contributed by atoms with Crippen LogP contribution >= 0.6 is 0 Å². The topological polar surface area (TPSA) is 43.1 Å². The van der Waals surface area contributed by atoms with Gasteiger partial charge in [0.05, 0.1) is 18.2 Å². The van der Waals surface area contributed by atoms with E-state index in [0.29, 0.717) is 6.04 Å². The van der Waals surface area contributed by atoms with Gasteiger partial charge in [0.2, 0.25) is 0 Å². The standard InChI is InChI=1S/C19H26N4O/c1-14-12-18(15(2)23(14)16-7-8-16)19(24)22-11-4-3-6-17(22)13-21-10-5-9-20-21/h5,9-10,12,16-17H,3-4,6-8,11,13H2,1-2H3/t17-/m1/s1. The zero-order valence-corrected chi connectivity index (χ0v) is 14.6. The Morgan fingerprint density at radius 3 is 2.79 bits per heavy atom. The second kappa shape index (κ2) is 6.11. The van der Waals surface area contributed by atoms with Crippen molar-refractivity contribution >= 4 is 5.91 Å². The Morgan fingerprint density at radius 2 is 2.08 bits per heavy atom. The molecule has 5 heteroatoms. The summed E-state index contributed by atoms with van der Waals surface area (Å²) in [6.45, 7) is 5.88. The van der Waals surface area contributed by atoms with E-state index < -0.39 is 0 Å². The molecule has 0 unspecified atom stereocenters. The van der Waals surface area contributed by atoms with Crippen molar-refractivity contribution in [3.05, 3.63) is 41.5 Å². The number of piperidine rings is 1. The van der Waals surface area contributed by atoms with Gasteiger partial charge in [-0.3, -0.25) is 9.48 Å². The number of aromatic nitrogens is 3. The van der Waals surface area contributed by atoms with Gasteiger partial charge in [0.15, 0.2) is 0 Å². The Bertz CT molecular complexity index is 727. The molecule has 24 heavy (non-hydrogen) atoms. The van der Waals surface area contributed by atoms with Crippen LogP contribution in [0.4, 0.5) is 0 Å². The summed E-state index contributed by atoms with van der Waals surface area (Å²) in [7, 11) is 0. The fourth-order valence-electron chi connectivity index (χ4n) is 4.13. The van der Waals surface area contributed by atoms with Crippen LogP contribution in [0.3, 0.4) is 0 Å². The summed E-state index contributed by atoms with van der Waals surface area (Å²) in [5.41, 5.74) is 3.26. The van der Waals surface area contributed by atoms with E-state index >= 15 is 0 Å². The largest absolute Gasteiger partial charge is 0.345 e. The lowest BCUT2D eigenvalue weighted by Crippen LogP contribution is -2.46. The second-order valence-corrected chi connectivity index (χ2v) is 7.26. The Morgan fingerprint density at radius 1 is 1.25 bits per heavy atom. The van der Waals surface area contributed by atoms with Crippen molar-refractivity contribution in [2.24, 2.45) is 0 Å². The van der Waals surface area contributed by atoms with Crippen molar-refractivity contribution in [1.29, 1.82) is 0 Å². The van der Waals surface area contributed by atoms with E-state index in [4.69, 9.17) is 0 Å². The van der Waals surface area contributed by atoms with Crippen LogP contribution in [0.25, 0.3) is 0 Å². The van der Waals surface area contributed by atoms with E-state index in [0.717, 1.165) is 37.2 Å². The first-order valence-electron chi connectivity index (χ1n) is 9.12. The monoisotopic (exact) mass is 326 g/mol. The molecule has 0 radical (unpaired) electrons. The quantitative estimate of drug-likeness (QED) is 0.865. The molecule has 128 valence electrons. The van der Waals surface area contributed by atoms with Gasteiger partial charge in [-0.05, 0) is 58.1 Å². The summed E-state index contributed by atoms with van der Waals surface area (Å²) in [4.78, 5) is 15.3. The lowest BCUT2D eigenvalue weighted by Gasteiger charge is -2.35. The second-order valence-electron chi connectivity index (χ2n) is 7.26. The molecule has 1 aliphatic heterocycles. The SMILES string of the molecule is Cc1cc(C(=O)N2CCCC[C@@H]2Cn2cccn2)c(C)n1C1CC1. The highest BCUT2D eigenvalue weighted by atomic mass is 16.2. The molecule has 4 rings (SSSR count). The minimum Gasteiger partial charge on any atom is -0.345 e. The predicted octanol–water partition coefficient (Wildman–Crippen LogP) is 3.33. The van der Waals surface area contributed by atoms with E-state index in [2.05, 4.69) is 34.5 Å². The van der Waals surface area contributed by atoms with Crippen LogP contribution in [0.5, 0.6) is 0 Å². The molecule has 0 aromatic carbocycles. The molecule has 1 atom stereocenters. The number of rotatable bonds is 4. The lowest BCUT2D eigenvalue weighted by molar-refractivity contribution is 0.0583. The minimum absolute atomic E-state index is 0.201. The molecule has 3 heterocycles. The molecule has 2 aliphatic rings. The van der Waals surface area contributed by atoms with Gasteiger partial charge in [-0.25, -0.2) is 0 Å². The number of hydrogen-bond donors (Lipinski definition) is 0. The molecule has 0 bridgehead atoms. The van der Waals surface area contributed by atoms with Crippen LogP contribution in [0.15, 0.2) is 24.5 Å². The number of carbonyl (C=O) groups is 1. The number of likely N-dealkylation sites (tertiary alicyclic amines) is 1. The van der Waals surface area contributed by atoms with Crippen LogP contribution in [0.1, 0.15) is 59.9 Å². The zero-order valence-electron chi connectivity index (χ0n) is 14.6. The van der Waals surface area contributed by atoms with Crippen molar-refractivity contribution in [3.63, 3.8) is 0 Å². The fourth-order valence-corrected chi connectivity index (χ4v) is 4.13. The molecule has 1 saturated heterocycles. The number of nitrogens with zero attached hydrogens (tertiary/aromatic N) is 4. The molecule has 2 aromatic rings. The van der Waals surface area contributed by atoms with E-state index in [1.807, 2.05) is 16.9 Å². The highest BCUT2D eigenvalue weighted by Crippen LogP contribution is 2.38. The van der Waals surface area contributed by atoms with Crippen LogP contribution in [0, 0.1) is 13.8 Å². The fraction of sp³-hybridized carbons (Fsp3) is 0.579. The maximum absolute atomic E-state index is 13.3. The highest BCUT2D eigenvalue weighted by molar-refractivity contribution is 5.96. The van der Waals surface area contributed by atoms with Gasteiger partial charge in [-0.1, -0.05) is 0 Å². The van der Waals surface area contributed by atoms with E-state index in [1.165, 1.54) is 25.0 Å². The number of hydrogen-bond acceptors (Lipinski definition) is 2. The van der Waals surface area contributed by atoms with Gasteiger partial charge >= 0.3 is 0 Å². The van der Waals surface area contributed by atoms with Crippen molar-refractivity contribution in [2.45, 2.75) is 64.6 Å². The molecular weight excluding hydrogens is 300 g/mol. The average Bonchev–Trinajstić information content (AvgIpc) is 3.18. The third-order valence-corrected chi connectivity index (χ3v) is 5.47. The van der Waals surface area contributed by atoms with Gasteiger partial charge in [-0.15, -0.1) is 0 Å². The molecule has 5 nitrogen and oxygen atoms in total. The summed E-state index contributed by atoms with van der Waals surface area (Å²) in [6.07, 6.45) is 9.63. The summed E-state index contributed by atoms with van der Waals surface area (Å²) in [5.74, 6) is 0.201. The smallest absolute Gasteiger partial charge is 0.255 e. The first-order chi connectivity index (χ1) is 11.6. The molecule has 1 saturated carbocycles. The number of carbonyl (C=O) groups excluding carboxylic acids is 1. The first kappa shape index (κ1) is 15.5. The normalized spacial score (nSPS) is 21.2. The van der Waals surface area contributed by atoms with Crippen molar-refractivity contribution in [2.75, 3.05) is 6.54 Å². The highest BCUT2D eigenvalue weighted by Gasteiger charge is 2.32. The van der Waals surface area contributed by atoms with Gasteiger partial charge in [0.25, 0.3) is 5.91 Å². The van der Waals surface area contributed by atoms with E-state index in [-0.39, 0.29) is 11.9 Å². The minimum atomic E-state index is 0.201. The molecule has 1 amide bonds. The third kappa shape index (κ3) is 2.76. The predicted molar refractivity (Wildman–Crippen MR) is 93.1 cm³/mol. The Hall–Kier alpha value is -2.04. The molecule has 1 aliphatic carbocycles. The van der Waals surface area contributed by atoms with Crippen molar-refractivity contribution in [3.8, 4) is 0 Å². The van der Waals surface area contributed by atoms with Crippen molar-refractivity contribution in [1.82, 2.24) is 19.2 Å².